The van der Waals surface area contributed by atoms with Crippen LogP contribution >= 0.6 is 0 Å². The molecular formula is C13H21NO. The Morgan fingerprint density at radius 1 is 1.33 bits per heavy atom. The number of nitrogens with zero attached hydrogens (tertiary/aromatic N) is 1. The molecule has 2 nitrogen and oxygen atoms in total. The molecule has 0 saturated heterocycles. The number of aromatic hydroxyl groups is 1. The Morgan fingerprint density at radius 2 is 2.07 bits per heavy atom. The molecule has 0 aliphatic rings. The number of phenolic OH excluding ortho intramolecular Hbond substituents is 1. The molecule has 0 saturated carbocycles. The molecule has 15 heavy (non-hydrogen) atoms. The van der Waals surface area contributed by atoms with E-state index in [0.717, 1.165) is 19.6 Å². The van der Waals surface area contributed by atoms with Crippen LogP contribution in [0.1, 0.15) is 26.3 Å². The highest BCUT2D eigenvalue weighted by Crippen LogP contribution is 2.13. The topological polar surface area (TPSA) is 23.5 Å². The normalized spacial score (nSPS) is 11.3. The minimum Gasteiger partial charge on any atom is -0.508 e. The lowest BCUT2D eigenvalue weighted by Gasteiger charge is -2.22. The molecule has 0 unspecified atom stereocenters. The minimum absolute atomic E-state index is 0.355. The molecule has 1 aromatic rings. The third kappa shape index (κ3) is 4.34. The molecule has 0 heterocycles. The Labute approximate surface area is 92.5 Å². The van der Waals surface area contributed by atoms with Crippen LogP contribution in [0.5, 0.6) is 5.75 Å². The SMILES string of the molecule is CCN(Cc1cccc(O)c1)CC(C)C. The van der Waals surface area contributed by atoms with Gasteiger partial charge in [-0.15, -0.1) is 0 Å². The van der Waals surface area contributed by atoms with Crippen LogP contribution in [0.4, 0.5) is 0 Å². The summed E-state index contributed by atoms with van der Waals surface area (Å²) < 4.78 is 0. The molecule has 1 aromatic carbocycles. The van der Waals surface area contributed by atoms with Gasteiger partial charge in [-0.05, 0) is 30.2 Å². The van der Waals surface area contributed by atoms with E-state index in [-0.39, 0.29) is 0 Å². The fourth-order valence-corrected chi connectivity index (χ4v) is 1.73. The summed E-state index contributed by atoms with van der Waals surface area (Å²) in [7, 11) is 0. The molecule has 0 atom stereocenters. The van der Waals surface area contributed by atoms with Crippen molar-refractivity contribution < 1.29 is 5.11 Å². The van der Waals surface area contributed by atoms with E-state index in [9.17, 15) is 5.11 Å². The van der Waals surface area contributed by atoms with Gasteiger partial charge in [0.2, 0.25) is 0 Å². The van der Waals surface area contributed by atoms with Crippen molar-refractivity contribution >= 4 is 0 Å². The van der Waals surface area contributed by atoms with Crippen molar-refractivity contribution in [1.29, 1.82) is 0 Å². The third-order valence-electron chi connectivity index (χ3n) is 2.39. The van der Waals surface area contributed by atoms with E-state index in [4.69, 9.17) is 0 Å². The monoisotopic (exact) mass is 207 g/mol. The van der Waals surface area contributed by atoms with Crippen LogP contribution in [0.3, 0.4) is 0 Å². The number of hydrogen-bond acceptors (Lipinski definition) is 2. The highest BCUT2D eigenvalue weighted by molar-refractivity contribution is 5.26. The molecule has 0 bridgehead atoms. The lowest BCUT2D eigenvalue weighted by Crippen LogP contribution is -2.26. The van der Waals surface area contributed by atoms with Crippen LogP contribution in [0.15, 0.2) is 24.3 Å². The molecule has 0 radical (unpaired) electrons. The van der Waals surface area contributed by atoms with Gasteiger partial charge in [0.05, 0.1) is 0 Å². The van der Waals surface area contributed by atoms with E-state index >= 15 is 0 Å². The average Bonchev–Trinajstić information content (AvgIpc) is 2.16. The number of rotatable bonds is 5. The van der Waals surface area contributed by atoms with Gasteiger partial charge >= 0.3 is 0 Å². The first kappa shape index (κ1) is 12.1. The molecule has 84 valence electrons. The smallest absolute Gasteiger partial charge is 0.115 e. The molecule has 2 heteroatoms. The summed E-state index contributed by atoms with van der Waals surface area (Å²) in [6, 6.07) is 7.50. The van der Waals surface area contributed by atoms with Gasteiger partial charge in [-0.1, -0.05) is 32.9 Å². The Morgan fingerprint density at radius 3 is 2.60 bits per heavy atom. The Hall–Kier alpha value is -1.02. The van der Waals surface area contributed by atoms with Crippen molar-refractivity contribution in [3.8, 4) is 5.75 Å². The van der Waals surface area contributed by atoms with Crippen LogP contribution in [-0.2, 0) is 6.54 Å². The van der Waals surface area contributed by atoms with E-state index in [1.54, 1.807) is 6.07 Å². The maximum atomic E-state index is 9.36. The van der Waals surface area contributed by atoms with Gasteiger partial charge in [-0.25, -0.2) is 0 Å². The van der Waals surface area contributed by atoms with Crippen LogP contribution in [-0.4, -0.2) is 23.1 Å². The maximum absolute atomic E-state index is 9.36. The number of phenols is 1. The van der Waals surface area contributed by atoms with E-state index in [1.807, 2.05) is 12.1 Å². The van der Waals surface area contributed by atoms with E-state index in [0.29, 0.717) is 11.7 Å². The van der Waals surface area contributed by atoms with Crippen molar-refractivity contribution in [1.82, 2.24) is 4.90 Å². The standard InChI is InChI=1S/C13H21NO/c1-4-14(9-11(2)3)10-12-6-5-7-13(15)8-12/h5-8,11,15H,4,9-10H2,1-3H3. The molecular weight excluding hydrogens is 186 g/mol. The molecule has 1 rings (SSSR count). The second kappa shape index (κ2) is 5.76. The Bertz CT molecular complexity index is 296. The van der Waals surface area contributed by atoms with Gasteiger partial charge in [-0.2, -0.15) is 0 Å². The summed E-state index contributed by atoms with van der Waals surface area (Å²) >= 11 is 0. The first-order valence-electron chi connectivity index (χ1n) is 5.62. The van der Waals surface area contributed by atoms with Crippen LogP contribution in [0.2, 0.25) is 0 Å². The quantitative estimate of drug-likeness (QED) is 0.802. The van der Waals surface area contributed by atoms with Gasteiger partial charge in [0.15, 0.2) is 0 Å². The summed E-state index contributed by atoms with van der Waals surface area (Å²) in [5.41, 5.74) is 1.18. The first-order valence-corrected chi connectivity index (χ1v) is 5.62. The van der Waals surface area contributed by atoms with E-state index in [2.05, 4.69) is 31.7 Å². The summed E-state index contributed by atoms with van der Waals surface area (Å²) in [6.45, 7) is 9.70. The number of hydrogen-bond donors (Lipinski definition) is 1. The predicted octanol–water partition coefficient (Wildman–Crippen LogP) is 2.87. The van der Waals surface area contributed by atoms with Crippen molar-refractivity contribution in [2.45, 2.75) is 27.3 Å². The van der Waals surface area contributed by atoms with Gasteiger partial charge in [0, 0.05) is 13.1 Å². The predicted molar refractivity (Wildman–Crippen MR) is 63.9 cm³/mol. The van der Waals surface area contributed by atoms with Gasteiger partial charge in [-0.3, -0.25) is 4.90 Å². The molecule has 0 aliphatic heterocycles. The summed E-state index contributed by atoms with van der Waals surface area (Å²) in [4.78, 5) is 2.39. The van der Waals surface area contributed by atoms with Crippen molar-refractivity contribution in [2.24, 2.45) is 5.92 Å². The van der Waals surface area contributed by atoms with Crippen molar-refractivity contribution in [3.05, 3.63) is 29.8 Å². The highest BCUT2D eigenvalue weighted by Gasteiger charge is 2.06. The largest absolute Gasteiger partial charge is 0.508 e. The van der Waals surface area contributed by atoms with Crippen molar-refractivity contribution in [2.75, 3.05) is 13.1 Å². The second-order valence-electron chi connectivity index (χ2n) is 4.39. The number of benzene rings is 1. The first-order chi connectivity index (χ1) is 7.11. The Kier molecular flexibility index (Phi) is 4.63. The minimum atomic E-state index is 0.355. The summed E-state index contributed by atoms with van der Waals surface area (Å²) in [5, 5.41) is 9.36. The fourth-order valence-electron chi connectivity index (χ4n) is 1.73. The zero-order chi connectivity index (χ0) is 11.3. The second-order valence-corrected chi connectivity index (χ2v) is 4.39. The van der Waals surface area contributed by atoms with Crippen LogP contribution in [0.25, 0.3) is 0 Å². The molecule has 0 amide bonds. The molecule has 0 spiro atoms. The zero-order valence-electron chi connectivity index (χ0n) is 9.90. The fraction of sp³-hybridized carbons (Fsp3) is 0.538. The van der Waals surface area contributed by atoms with Gasteiger partial charge < -0.3 is 5.11 Å². The Balaban J connectivity index is 2.58. The van der Waals surface area contributed by atoms with Crippen LogP contribution < -0.4 is 0 Å². The summed E-state index contributed by atoms with van der Waals surface area (Å²) in [6.07, 6.45) is 0. The van der Waals surface area contributed by atoms with E-state index in [1.165, 1.54) is 5.56 Å². The molecule has 0 fully saturated rings. The van der Waals surface area contributed by atoms with E-state index < -0.39 is 0 Å². The summed E-state index contributed by atoms with van der Waals surface area (Å²) in [5.74, 6) is 1.04. The van der Waals surface area contributed by atoms with Crippen molar-refractivity contribution in [3.63, 3.8) is 0 Å². The average molecular weight is 207 g/mol. The molecule has 1 N–H and O–H groups in total. The van der Waals surface area contributed by atoms with Gasteiger partial charge in [0.1, 0.15) is 5.75 Å². The maximum Gasteiger partial charge on any atom is 0.115 e. The lowest BCUT2D eigenvalue weighted by molar-refractivity contribution is 0.248. The van der Waals surface area contributed by atoms with Crippen LogP contribution in [0, 0.1) is 5.92 Å². The lowest BCUT2D eigenvalue weighted by atomic mass is 10.1. The van der Waals surface area contributed by atoms with Gasteiger partial charge in [0.25, 0.3) is 0 Å². The molecule has 0 aliphatic carbocycles. The zero-order valence-corrected chi connectivity index (χ0v) is 9.90. The highest BCUT2D eigenvalue weighted by atomic mass is 16.3. The molecule has 0 aromatic heterocycles. The third-order valence-corrected chi connectivity index (χ3v) is 2.39.